The standard InChI is InChI=1S/C19H36O3/c1-18(2,16-9-6-5-7-10-16)22-15-19(13-20-3,14-21-4)17-11-8-12-17/h16-17H,5-15H2,1-4H3. The minimum absolute atomic E-state index is 0.0309. The number of hydrogen-bond acceptors (Lipinski definition) is 3. The average molecular weight is 312 g/mol. The predicted molar refractivity (Wildman–Crippen MR) is 90.1 cm³/mol. The Bertz CT molecular complexity index is 311. The summed E-state index contributed by atoms with van der Waals surface area (Å²) in [5.41, 5.74) is 0.00455. The van der Waals surface area contributed by atoms with Gasteiger partial charge in [0.2, 0.25) is 0 Å². The summed E-state index contributed by atoms with van der Waals surface area (Å²) in [5, 5.41) is 0. The zero-order valence-electron chi connectivity index (χ0n) is 15.2. The van der Waals surface area contributed by atoms with Gasteiger partial charge in [0.15, 0.2) is 0 Å². The molecular formula is C19H36O3. The van der Waals surface area contributed by atoms with Crippen molar-refractivity contribution < 1.29 is 14.2 Å². The molecular weight excluding hydrogens is 276 g/mol. The van der Waals surface area contributed by atoms with E-state index in [9.17, 15) is 0 Å². The molecule has 2 fully saturated rings. The molecule has 3 nitrogen and oxygen atoms in total. The van der Waals surface area contributed by atoms with Gasteiger partial charge in [0.1, 0.15) is 0 Å². The summed E-state index contributed by atoms with van der Waals surface area (Å²) < 4.78 is 17.7. The molecule has 0 unspecified atom stereocenters. The maximum Gasteiger partial charge on any atom is 0.0654 e. The monoisotopic (exact) mass is 312 g/mol. The van der Waals surface area contributed by atoms with Gasteiger partial charge in [-0.25, -0.2) is 0 Å². The van der Waals surface area contributed by atoms with Crippen LogP contribution < -0.4 is 0 Å². The Balaban J connectivity index is 1.99. The Kier molecular flexibility index (Phi) is 6.73. The van der Waals surface area contributed by atoms with Crippen molar-refractivity contribution in [3.8, 4) is 0 Å². The number of ether oxygens (including phenoxy) is 3. The molecule has 0 radical (unpaired) electrons. The molecule has 0 aromatic heterocycles. The molecule has 22 heavy (non-hydrogen) atoms. The first-order valence-corrected chi connectivity index (χ1v) is 9.16. The summed E-state index contributed by atoms with van der Waals surface area (Å²) in [6.45, 7) is 6.82. The van der Waals surface area contributed by atoms with Crippen molar-refractivity contribution in [3.63, 3.8) is 0 Å². The average Bonchev–Trinajstić information content (AvgIpc) is 2.45. The summed E-state index contributed by atoms with van der Waals surface area (Å²) in [6, 6.07) is 0. The lowest BCUT2D eigenvalue weighted by Gasteiger charge is -2.47. The lowest BCUT2D eigenvalue weighted by Crippen LogP contribution is -2.49. The van der Waals surface area contributed by atoms with E-state index in [1.54, 1.807) is 14.2 Å². The first kappa shape index (κ1) is 18.2. The Morgan fingerprint density at radius 2 is 1.27 bits per heavy atom. The number of methoxy groups -OCH3 is 2. The highest BCUT2D eigenvalue weighted by atomic mass is 16.5. The minimum atomic E-state index is -0.0309. The highest BCUT2D eigenvalue weighted by Gasteiger charge is 2.44. The third kappa shape index (κ3) is 4.24. The molecule has 3 heteroatoms. The van der Waals surface area contributed by atoms with Crippen LogP contribution in [0.3, 0.4) is 0 Å². The van der Waals surface area contributed by atoms with E-state index in [1.165, 1.54) is 51.4 Å². The predicted octanol–water partition coefficient (Wildman–Crippen LogP) is 4.44. The van der Waals surface area contributed by atoms with Crippen LogP contribution in [-0.2, 0) is 14.2 Å². The van der Waals surface area contributed by atoms with Gasteiger partial charge in [-0.05, 0) is 51.4 Å². The highest BCUT2D eigenvalue weighted by molar-refractivity contribution is 4.93. The summed E-state index contributed by atoms with van der Waals surface area (Å²) >= 11 is 0. The van der Waals surface area contributed by atoms with Crippen LogP contribution in [0.1, 0.15) is 65.2 Å². The Morgan fingerprint density at radius 3 is 1.73 bits per heavy atom. The molecule has 0 aromatic rings. The van der Waals surface area contributed by atoms with Crippen LogP contribution in [0.2, 0.25) is 0 Å². The maximum atomic E-state index is 6.54. The highest BCUT2D eigenvalue weighted by Crippen LogP contribution is 2.44. The largest absolute Gasteiger partial charge is 0.384 e. The molecule has 130 valence electrons. The van der Waals surface area contributed by atoms with E-state index in [0.717, 1.165) is 19.8 Å². The van der Waals surface area contributed by atoms with Gasteiger partial charge in [-0.15, -0.1) is 0 Å². The molecule has 2 aliphatic rings. The lowest BCUT2D eigenvalue weighted by molar-refractivity contribution is -0.155. The summed E-state index contributed by atoms with van der Waals surface area (Å²) in [6.07, 6.45) is 10.7. The van der Waals surface area contributed by atoms with E-state index in [2.05, 4.69) is 13.8 Å². The number of hydrogen-bond donors (Lipinski definition) is 0. The summed E-state index contributed by atoms with van der Waals surface area (Å²) in [5.74, 6) is 1.39. The minimum Gasteiger partial charge on any atom is -0.384 e. The molecule has 0 bridgehead atoms. The van der Waals surface area contributed by atoms with Crippen molar-refractivity contribution in [1.82, 2.24) is 0 Å². The fourth-order valence-electron chi connectivity index (χ4n) is 4.32. The first-order valence-electron chi connectivity index (χ1n) is 9.16. The van der Waals surface area contributed by atoms with Crippen molar-refractivity contribution >= 4 is 0 Å². The molecule has 0 atom stereocenters. The van der Waals surface area contributed by atoms with Gasteiger partial charge < -0.3 is 14.2 Å². The van der Waals surface area contributed by atoms with Gasteiger partial charge in [0, 0.05) is 19.6 Å². The normalized spacial score (nSPS) is 21.8. The van der Waals surface area contributed by atoms with Gasteiger partial charge in [-0.2, -0.15) is 0 Å². The molecule has 0 heterocycles. The molecule has 0 saturated heterocycles. The van der Waals surface area contributed by atoms with E-state index in [4.69, 9.17) is 14.2 Å². The second kappa shape index (κ2) is 8.12. The second-order valence-electron chi connectivity index (χ2n) is 8.08. The zero-order valence-corrected chi connectivity index (χ0v) is 15.2. The molecule has 2 saturated carbocycles. The van der Waals surface area contributed by atoms with Crippen molar-refractivity contribution in [2.75, 3.05) is 34.0 Å². The van der Waals surface area contributed by atoms with Crippen LogP contribution in [0, 0.1) is 17.3 Å². The van der Waals surface area contributed by atoms with E-state index in [0.29, 0.717) is 11.8 Å². The van der Waals surface area contributed by atoms with Crippen LogP contribution in [0.15, 0.2) is 0 Å². The van der Waals surface area contributed by atoms with Crippen molar-refractivity contribution in [2.24, 2.45) is 17.3 Å². The van der Waals surface area contributed by atoms with E-state index in [-0.39, 0.29) is 11.0 Å². The van der Waals surface area contributed by atoms with E-state index >= 15 is 0 Å². The fraction of sp³-hybridized carbons (Fsp3) is 1.00. The van der Waals surface area contributed by atoms with Crippen molar-refractivity contribution in [2.45, 2.75) is 70.8 Å². The number of rotatable bonds is 9. The Hall–Kier alpha value is -0.120. The van der Waals surface area contributed by atoms with Gasteiger partial charge in [-0.3, -0.25) is 0 Å². The molecule has 0 aliphatic heterocycles. The summed E-state index contributed by atoms with van der Waals surface area (Å²) in [4.78, 5) is 0. The molecule has 0 amide bonds. The van der Waals surface area contributed by atoms with Crippen LogP contribution in [-0.4, -0.2) is 39.6 Å². The maximum absolute atomic E-state index is 6.54. The fourth-order valence-corrected chi connectivity index (χ4v) is 4.32. The van der Waals surface area contributed by atoms with Crippen molar-refractivity contribution in [1.29, 1.82) is 0 Å². The molecule has 0 aromatic carbocycles. The van der Waals surface area contributed by atoms with Crippen LogP contribution in [0.5, 0.6) is 0 Å². The smallest absolute Gasteiger partial charge is 0.0654 e. The van der Waals surface area contributed by atoms with Gasteiger partial charge in [-0.1, -0.05) is 25.7 Å². The second-order valence-corrected chi connectivity index (χ2v) is 8.08. The Morgan fingerprint density at radius 1 is 0.727 bits per heavy atom. The van der Waals surface area contributed by atoms with Gasteiger partial charge >= 0.3 is 0 Å². The summed E-state index contributed by atoms with van der Waals surface area (Å²) in [7, 11) is 3.60. The topological polar surface area (TPSA) is 27.7 Å². The zero-order chi connectivity index (χ0) is 16.1. The lowest BCUT2D eigenvalue weighted by atomic mass is 9.66. The van der Waals surface area contributed by atoms with Crippen LogP contribution in [0.4, 0.5) is 0 Å². The molecule has 0 spiro atoms. The van der Waals surface area contributed by atoms with Gasteiger partial charge in [0.25, 0.3) is 0 Å². The van der Waals surface area contributed by atoms with E-state index in [1.807, 2.05) is 0 Å². The first-order chi connectivity index (χ1) is 10.5. The third-order valence-corrected chi connectivity index (χ3v) is 6.15. The van der Waals surface area contributed by atoms with Crippen molar-refractivity contribution in [3.05, 3.63) is 0 Å². The van der Waals surface area contributed by atoms with Crippen LogP contribution >= 0.6 is 0 Å². The van der Waals surface area contributed by atoms with Crippen LogP contribution in [0.25, 0.3) is 0 Å². The SMILES string of the molecule is COCC(COC)(COC(C)(C)C1CCCCC1)C1CCC1. The Labute approximate surface area is 137 Å². The quantitative estimate of drug-likeness (QED) is 0.630. The molecule has 2 aliphatic carbocycles. The molecule has 0 N–H and O–H groups in total. The molecule has 2 rings (SSSR count). The van der Waals surface area contributed by atoms with Gasteiger partial charge in [0.05, 0.1) is 25.4 Å². The third-order valence-electron chi connectivity index (χ3n) is 6.15. The van der Waals surface area contributed by atoms with E-state index < -0.39 is 0 Å².